The molecule has 1 aliphatic rings. The summed E-state index contributed by atoms with van der Waals surface area (Å²) in [5, 5.41) is 2.72. The van der Waals surface area contributed by atoms with Crippen LogP contribution in [0.25, 0.3) is 0 Å². The average Bonchev–Trinajstić information content (AvgIpc) is 3.00. The zero-order chi connectivity index (χ0) is 17.1. The molecule has 0 aliphatic carbocycles. The van der Waals surface area contributed by atoms with E-state index in [1.165, 1.54) is 5.56 Å². The van der Waals surface area contributed by atoms with Crippen LogP contribution in [0.4, 0.5) is 11.4 Å². The van der Waals surface area contributed by atoms with Gasteiger partial charge in [0.05, 0.1) is 11.4 Å². The van der Waals surface area contributed by atoms with Gasteiger partial charge < -0.3 is 25.3 Å². The minimum absolute atomic E-state index is 0.102. The second kappa shape index (κ2) is 6.70. The minimum atomic E-state index is -0.298. The first kappa shape index (κ1) is 16.0. The van der Waals surface area contributed by atoms with Gasteiger partial charge in [0.25, 0.3) is 5.91 Å². The molecule has 6 heteroatoms. The van der Waals surface area contributed by atoms with Crippen molar-refractivity contribution in [1.82, 2.24) is 0 Å². The molecule has 6 nitrogen and oxygen atoms in total. The highest BCUT2D eigenvalue weighted by Crippen LogP contribution is 2.38. The van der Waals surface area contributed by atoms with E-state index in [4.69, 9.17) is 19.9 Å². The van der Waals surface area contributed by atoms with Crippen molar-refractivity contribution in [1.29, 1.82) is 0 Å². The molecule has 126 valence electrons. The maximum atomic E-state index is 12.0. The number of carbonyl (C=O) groups excluding carboxylic acids is 1. The van der Waals surface area contributed by atoms with E-state index in [9.17, 15) is 4.79 Å². The molecule has 3 rings (SSSR count). The number of benzene rings is 2. The predicted molar refractivity (Wildman–Crippen MR) is 91.6 cm³/mol. The molecule has 0 saturated carbocycles. The predicted octanol–water partition coefficient (Wildman–Crippen LogP) is 3.14. The average molecular weight is 328 g/mol. The minimum Gasteiger partial charge on any atom is -0.484 e. The molecule has 0 spiro atoms. The fraction of sp³-hybridized carbons (Fsp3) is 0.278. The van der Waals surface area contributed by atoms with Gasteiger partial charge >= 0.3 is 0 Å². The largest absolute Gasteiger partial charge is 0.484 e. The third-order valence-corrected chi connectivity index (χ3v) is 3.74. The molecular weight excluding hydrogens is 308 g/mol. The van der Waals surface area contributed by atoms with Crippen molar-refractivity contribution in [2.45, 2.75) is 19.8 Å². The zero-order valence-corrected chi connectivity index (χ0v) is 13.7. The number of nitrogen functional groups attached to an aromatic ring is 1. The second-order valence-corrected chi connectivity index (χ2v) is 5.85. The lowest BCUT2D eigenvalue weighted by atomic mass is 10.0. The lowest BCUT2D eigenvalue weighted by Gasteiger charge is -2.11. The molecule has 24 heavy (non-hydrogen) atoms. The number of rotatable bonds is 5. The fourth-order valence-corrected chi connectivity index (χ4v) is 2.35. The van der Waals surface area contributed by atoms with Crippen molar-refractivity contribution >= 4 is 17.3 Å². The molecule has 0 atom stereocenters. The summed E-state index contributed by atoms with van der Waals surface area (Å²) < 4.78 is 16.0. The van der Waals surface area contributed by atoms with Gasteiger partial charge in [0.2, 0.25) is 6.79 Å². The van der Waals surface area contributed by atoms with Crippen molar-refractivity contribution in [3.63, 3.8) is 0 Å². The summed E-state index contributed by atoms with van der Waals surface area (Å²) >= 11 is 0. The number of nitrogens with one attached hydrogen (secondary N) is 1. The normalized spacial score (nSPS) is 12.3. The number of hydrogen-bond acceptors (Lipinski definition) is 5. The van der Waals surface area contributed by atoms with Crippen LogP contribution in [-0.2, 0) is 4.79 Å². The number of fused-ring (bicyclic) bond motifs is 1. The van der Waals surface area contributed by atoms with Crippen molar-refractivity contribution in [2.24, 2.45) is 0 Å². The summed E-state index contributed by atoms with van der Waals surface area (Å²) in [6.07, 6.45) is 0. The van der Waals surface area contributed by atoms with Crippen molar-refractivity contribution < 1.29 is 19.0 Å². The molecule has 0 fully saturated rings. The number of nitrogens with two attached hydrogens (primary N) is 1. The van der Waals surface area contributed by atoms with Crippen LogP contribution in [-0.4, -0.2) is 19.3 Å². The second-order valence-electron chi connectivity index (χ2n) is 5.85. The maximum Gasteiger partial charge on any atom is 0.262 e. The highest BCUT2D eigenvalue weighted by atomic mass is 16.7. The summed E-state index contributed by atoms with van der Waals surface area (Å²) in [6.45, 7) is 4.30. The molecule has 3 N–H and O–H groups in total. The third-order valence-electron chi connectivity index (χ3n) is 3.74. The highest BCUT2D eigenvalue weighted by molar-refractivity contribution is 5.95. The van der Waals surface area contributed by atoms with E-state index in [0.29, 0.717) is 34.5 Å². The molecule has 0 radical (unpaired) electrons. The standard InChI is InChI=1S/C18H20N2O4/c1-11(2)12-3-5-13(6-4-12)22-9-18(21)20-15-8-17-16(7-14(15)19)23-10-24-17/h3-8,11H,9-10,19H2,1-2H3,(H,20,21). The topological polar surface area (TPSA) is 82.8 Å². The van der Waals surface area contributed by atoms with E-state index in [1.54, 1.807) is 12.1 Å². The summed E-state index contributed by atoms with van der Waals surface area (Å²) in [4.78, 5) is 12.0. The highest BCUT2D eigenvalue weighted by Gasteiger charge is 2.17. The van der Waals surface area contributed by atoms with Crippen LogP contribution in [0.15, 0.2) is 36.4 Å². The molecule has 2 aromatic rings. The van der Waals surface area contributed by atoms with Crippen LogP contribution >= 0.6 is 0 Å². The lowest BCUT2D eigenvalue weighted by molar-refractivity contribution is -0.118. The number of hydrogen-bond donors (Lipinski definition) is 2. The summed E-state index contributed by atoms with van der Waals surface area (Å²) in [5.74, 6) is 1.94. The lowest BCUT2D eigenvalue weighted by Crippen LogP contribution is -2.20. The summed E-state index contributed by atoms with van der Waals surface area (Å²) in [6, 6.07) is 11.0. The molecule has 1 heterocycles. The van der Waals surface area contributed by atoms with E-state index < -0.39 is 0 Å². The Morgan fingerprint density at radius 3 is 2.54 bits per heavy atom. The third kappa shape index (κ3) is 3.53. The van der Waals surface area contributed by atoms with Gasteiger partial charge in [0, 0.05) is 12.1 Å². The molecule has 0 bridgehead atoms. The van der Waals surface area contributed by atoms with Crippen molar-refractivity contribution in [2.75, 3.05) is 24.5 Å². The first-order valence-electron chi connectivity index (χ1n) is 7.74. The number of amides is 1. The Bertz CT molecular complexity index is 741. The molecule has 0 aromatic heterocycles. The Balaban J connectivity index is 1.58. The molecule has 1 aliphatic heterocycles. The Kier molecular flexibility index (Phi) is 4.46. The van der Waals surface area contributed by atoms with Crippen LogP contribution in [0.5, 0.6) is 17.2 Å². The van der Waals surface area contributed by atoms with Crippen molar-refractivity contribution in [3.05, 3.63) is 42.0 Å². The van der Waals surface area contributed by atoms with Crippen LogP contribution in [0.2, 0.25) is 0 Å². The van der Waals surface area contributed by atoms with Gasteiger partial charge in [-0.15, -0.1) is 0 Å². The van der Waals surface area contributed by atoms with Gasteiger partial charge in [0.1, 0.15) is 5.75 Å². The Labute approximate surface area is 140 Å². The maximum absolute atomic E-state index is 12.0. The fourth-order valence-electron chi connectivity index (χ4n) is 2.35. The molecule has 2 aromatic carbocycles. The molecular formula is C18H20N2O4. The van der Waals surface area contributed by atoms with E-state index >= 15 is 0 Å². The smallest absolute Gasteiger partial charge is 0.262 e. The molecule has 1 amide bonds. The van der Waals surface area contributed by atoms with Gasteiger partial charge in [-0.05, 0) is 23.6 Å². The molecule has 0 unspecified atom stereocenters. The van der Waals surface area contributed by atoms with E-state index in [2.05, 4.69) is 19.2 Å². The van der Waals surface area contributed by atoms with Gasteiger partial charge in [-0.25, -0.2) is 0 Å². The quantitative estimate of drug-likeness (QED) is 0.824. The van der Waals surface area contributed by atoms with Crippen LogP contribution in [0.1, 0.15) is 25.3 Å². The monoisotopic (exact) mass is 328 g/mol. The van der Waals surface area contributed by atoms with Crippen LogP contribution < -0.4 is 25.3 Å². The van der Waals surface area contributed by atoms with Gasteiger partial charge in [0.15, 0.2) is 18.1 Å². The van der Waals surface area contributed by atoms with E-state index in [0.717, 1.165) is 0 Å². The van der Waals surface area contributed by atoms with E-state index in [-0.39, 0.29) is 19.3 Å². The zero-order valence-electron chi connectivity index (χ0n) is 13.7. The van der Waals surface area contributed by atoms with Gasteiger partial charge in [-0.3, -0.25) is 4.79 Å². The SMILES string of the molecule is CC(C)c1ccc(OCC(=O)Nc2cc3c(cc2N)OCO3)cc1. The van der Waals surface area contributed by atoms with Crippen LogP contribution in [0.3, 0.4) is 0 Å². The number of ether oxygens (including phenoxy) is 3. The first-order valence-corrected chi connectivity index (χ1v) is 7.74. The summed E-state index contributed by atoms with van der Waals surface area (Å²) in [5.41, 5.74) is 8.01. The first-order chi connectivity index (χ1) is 11.5. The van der Waals surface area contributed by atoms with E-state index in [1.807, 2.05) is 24.3 Å². The van der Waals surface area contributed by atoms with Gasteiger partial charge in [-0.2, -0.15) is 0 Å². The number of anilines is 2. The number of carbonyl (C=O) groups is 1. The van der Waals surface area contributed by atoms with Crippen molar-refractivity contribution in [3.8, 4) is 17.2 Å². The summed E-state index contributed by atoms with van der Waals surface area (Å²) in [7, 11) is 0. The van der Waals surface area contributed by atoms with Crippen LogP contribution in [0, 0.1) is 0 Å². The Morgan fingerprint density at radius 2 is 1.88 bits per heavy atom. The van der Waals surface area contributed by atoms with Gasteiger partial charge in [-0.1, -0.05) is 26.0 Å². The Morgan fingerprint density at radius 1 is 1.21 bits per heavy atom. The molecule has 0 saturated heterocycles. The Hall–Kier alpha value is -2.89.